The van der Waals surface area contributed by atoms with Gasteiger partial charge in [0, 0.05) is 0 Å². The van der Waals surface area contributed by atoms with Gasteiger partial charge in [-0.05, 0) is 0 Å². The monoisotopic (exact) mass is 141 g/mol. The summed E-state index contributed by atoms with van der Waals surface area (Å²) in [5.74, 6) is 0. The van der Waals surface area contributed by atoms with Crippen LogP contribution in [0.15, 0.2) is 0 Å². The molecule has 0 saturated heterocycles. The fraction of sp³-hybridized carbons (Fsp3) is 0.500. The predicted molar refractivity (Wildman–Crippen MR) is 29.0 cm³/mol. The molecule has 4 N–H and O–H groups in total. The summed E-state index contributed by atoms with van der Waals surface area (Å²) in [6, 6.07) is 0. The van der Waals surface area contributed by atoms with Crippen LogP contribution in [0, 0.1) is 0 Å². The summed E-state index contributed by atoms with van der Waals surface area (Å²) in [7, 11) is -3.91. The second-order valence-corrected chi connectivity index (χ2v) is 2.74. The van der Waals surface area contributed by atoms with E-state index in [2.05, 4.69) is 10.0 Å². The third-order valence-corrected chi connectivity index (χ3v) is 0.955. The molecule has 0 aliphatic carbocycles. The number of nitrogens with two attached hydrogens (primary N) is 1. The van der Waals surface area contributed by atoms with Gasteiger partial charge in [0.1, 0.15) is 0 Å². The first-order valence-corrected chi connectivity index (χ1v) is 3.75. The maximum absolute atomic E-state index is 9.47. The van der Waals surface area contributed by atoms with Gasteiger partial charge in [-0.3, -0.25) is 0 Å². The van der Waals surface area contributed by atoms with Gasteiger partial charge in [-0.1, -0.05) is 0 Å². The average molecular weight is 141 g/mol. The maximum atomic E-state index is 9.47. The molecule has 0 aliphatic rings. The first-order valence-electron chi connectivity index (χ1n) is 1.87. The zero-order valence-corrected chi connectivity index (χ0v) is 5.07. The third kappa shape index (κ3) is 5.94. The summed E-state index contributed by atoms with van der Waals surface area (Å²) in [5.41, 5.74) is 4.59. The van der Waals surface area contributed by atoms with Crippen molar-refractivity contribution < 1.29 is 19.1 Å². The second kappa shape index (κ2) is 3.06. The van der Waals surface area contributed by atoms with Gasteiger partial charge in [0.05, 0.1) is 0 Å². The van der Waals surface area contributed by atoms with Crippen LogP contribution in [0.5, 0.6) is 0 Å². The van der Waals surface area contributed by atoms with Gasteiger partial charge in [-0.15, -0.1) is 0 Å². The van der Waals surface area contributed by atoms with Crippen LogP contribution in [0.4, 0.5) is 0 Å². The van der Waals surface area contributed by atoms with E-state index in [0.717, 1.165) is 0 Å². The molecular weight excluding hydrogens is 133 g/mol. The first kappa shape index (κ1) is 7.94. The third-order valence-electron chi connectivity index (χ3n) is 0.364. The summed E-state index contributed by atoms with van der Waals surface area (Å²) in [4.78, 5) is 26.0. The Labute approximate surface area is 46.7 Å². The molecule has 0 rings (SSSR count). The fourth-order valence-electron chi connectivity index (χ4n) is 0.157. The molecule has 0 amide bonds. The number of hydrogen-bond acceptors (Lipinski definition) is 5. The molecule has 0 saturated carbocycles. The minimum atomic E-state index is -3.91. The first-order chi connectivity index (χ1) is 3.56. The standard InChI is InChI=1S/C2H8NO4P/c3-8(5,6)7-2-1-4/h1,5-6,8H,2-3H2. The van der Waals surface area contributed by atoms with Crippen LogP contribution >= 0.6 is 8.09 Å². The molecule has 0 unspecified atom stereocenters. The molecule has 50 valence electrons. The summed E-state index contributed by atoms with van der Waals surface area (Å²) in [5, 5.41) is 0. The molecular formula is C2H8NO4P. The van der Waals surface area contributed by atoms with Crippen LogP contribution in [0.3, 0.4) is 0 Å². The van der Waals surface area contributed by atoms with Crippen LogP contribution in [0.1, 0.15) is 0 Å². The van der Waals surface area contributed by atoms with E-state index < -0.39 is 8.09 Å². The van der Waals surface area contributed by atoms with Gasteiger partial charge >= 0.3 is 45.6 Å². The Morgan fingerprint density at radius 1 is 1.75 bits per heavy atom. The van der Waals surface area contributed by atoms with E-state index in [9.17, 15) is 4.79 Å². The molecule has 8 heavy (non-hydrogen) atoms. The van der Waals surface area contributed by atoms with Gasteiger partial charge in [-0.2, -0.15) is 0 Å². The quantitative estimate of drug-likeness (QED) is 0.330. The summed E-state index contributed by atoms with van der Waals surface area (Å²) in [6.07, 6.45) is 0.390. The Balaban J connectivity index is 3.24. The number of aldehydes is 1. The Morgan fingerprint density at radius 3 is 2.38 bits per heavy atom. The van der Waals surface area contributed by atoms with E-state index >= 15 is 0 Å². The topological polar surface area (TPSA) is 92.8 Å². The fourth-order valence-corrected chi connectivity index (χ4v) is 0.470. The predicted octanol–water partition coefficient (Wildman–Crippen LogP) is -1.44. The van der Waals surface area contributed by atoms with Crippen molar-refractivity contribution in [2.24, 2.45) is 5.50 Å². The van der Waals surface area contributed by atoms with E-state index in [-0.39, 0.29) is 6.61 Å². The van der Waals surface area contributed by atoms with Gasteiger partial charge in [0.15, 0.2) is 0 Å². The Hall–Kier alpha value is -0.0600. The molecule has 5 nitrogen and oxygen atoms in total. The normalized spacial score (nSPS) is 13.4. The summed E-state index contributed by atoms with van der Waals surface area (Å²) < 4.78 is 4.04. The van der Waals surface area contributed by atoms with Crippen LogP contribution in [-0.2, 0) is 9.32 Å². The van der Waals surface area contributed by atoms with Gasteiger partial charge in [0.2, 0.25) is 0 Å². The molecule has 0 aromatic heterocycles. The molecule has 0 heterocycles. The summed E-state index contributed by atoms with van der Waals surface area (Å²) in [6.45, 7) is -0.365. The molecule has 0 aliphatic heterocycles. The van der Waals surface area contributed by atoms with Crippen LogP contribution in [0.2, 0.25) is 0 Å². The zero-order chi connectivity index (χ0) is 6.62. The van der Waals surface area contributed by atoms with Crippen LogP contribution < -0.4 is 5.50 Å². The second-order valence-electron chi connectivity index (χ2n) is 1.14. The summed E-state index contributed by atoms with van der Waals surface area (Å²) >= 11 is 0. The molecule has 0 spiro atoms. The number of rotatable bonds is 3. The number of carbonyl (C=O) groups is 1. The Morgan fingerprint density at radius 2 is 2.25 bits per heavy atom. The molecule has 0 atom stereocenters. The van der Waals surface area contributed by atoms with Crippen molar-refractivity contribution in [1.82, 2.24) is 0 Å². The average Bonchev–Trinajstić information content (AvgIpc) is 1.59. The molecule has 0 aromatic carbocycles. The van der Waals surface area contributed by atoms with Crippen molar-refractivity contribution in [1.29, 1.82) is 0 Å². The van der Waals surface area contributed by atoms with Crippen molar-refractivity contribution in [3.05, 3.63) is 0 Å². The van der Waals surface area contributed by atoms with Crippen molar-refractivity contribution in [3.63, 3.8) is 0 Å². The molecule has 0 fully saturated rings. The van der Waals surface area contributed by atoms with E-state index in [1.807, 2.05) is 0 Å². The van der Waals surface area contributed by atoms with Crippen LogP contribution in [-0.4, -0.2) is 22.7 Å². The van der Waals surface area contributed by atoms with E-state index in [0.29, 0.717) is 6.29 Å². The van der Waals surface area contributed by atoms with E-state index in [1.54, 1.807) is 0 Å². The zero-order valence-electron chi connectivity index (χ0n) is 4.07. The minimum absolute atomic E-state index is 0.365. The van der Waals surface area contributed by atoms with Gasteiger partial charge in [0.25, 0.3) is 0 Å². The van der Waals surface area contributed by atoms with Gasteiger partial charge < -0.3 is 0 Å². The molecule has 0 aromatic rings. The number of carbonyl (C=O) groups excluding carboxylic acids is 1. The Bertz CT molecular complexity index is 78.6. The SMILES string of the molecule is N[PH](O)(O)OCC=O. The van der Waals surface area contributed by atoms with Crippen LogP contribution in [0.25, 0.3) is 0 Å². The van der Waals surface area contributed by atoms with Crippen molar-refractivity contribution in [2.45, 2.75) is 0 Å². The van der Waals surface area contributed by atoms with Crippen molar-refractivity contribution >= 4 is 14.4 Å². The Kier molecular flexibility index (Phi) is 3.04. The molecule has 0 bridgehead atoms. The number of hydrogen-bond donors (Lipinski definition) is 3. The van der Waals surface area contributed by atoms with E-state index in [4.69, 9.17) is 9.79 Å². The van der Waals surface area contributed by atoms with Crippen molar-refractivity contribution in [3.8, 4) is 0 Å². The van der Waals surface area contributed by atoms with E-state index in [1.165, 1.54) is 0 Å². The van der Waals surface area contributed by atoms with Gasteiger partial charge in [-0.25, -0.2) is 0 Å². The molecule has 6 heteroatoms. The molecule has 0 radical (unpaired) electrons. The van der Waals surface area contributed by atoms with Crippen molar-refractivity contribution in [2.75, 3.05) is 6.61 Å².